The number of ether oxygens (including phenoxy) is 7. The second-order valence-electron chi connectivity index (χ2n) is 33.9. The van der Waals surface area contributed by atoms with E-state index in [-0.39, 0.29) is 66.8 Å². The van der Waals surface area contributed by atoms with Crippen LogP contribution in [-0.2, 0) is 64.1 Å². The lowest BCUT2D eigenvalue weighted by atomic mass is 9.92. The number of fused-ring (bicyclic) bond motifs is 12. The molecular formula is C102H106Br2Cl3N13O17S. The van der Waals surface area contributed by atoms with E-state index < -0.39 is 40.4 Å². The van der Waals surface area contributed by atoms with Gasteiger partial charge < -0.3 is 68.8 Å². The Morgan fingerprint density at radius 2 is 0.797 bits per heavy atom. The molecular weight excluding hydrogens is 1980 g/mol. The van der Waals surface area contributed by atoms with Gasteiger partial charge in [-0.15, -0.1) is 0 Å². The molecule has 6 aliphatic rings. The van der Waals surface area contributed by atoms with E-state index in [0.29, 0.717) is 123 Å². The average Bonchev–Trinajstić information content (AvgIpc) is 1.60. The fourth-order valence-electron chi connectivity index (χ4n) is 18.5. The lowest BCUT2D eigenvalue weighted by Gasteiger charge is -2.35. The molecule has 19 rings (SSSR count). The van der Waals surface area contributed by atoms with Gasteiger partial charge in [-0.2, -0.15) is 4.31 Å². The van der Waals surface area contributed by atoms with E-state index >= 15 is 0 Å². The number of nitrogens with zero attached hydrogens (tertiary/aromatic N) is 6. The minimum atomic E-state index is -3.61. The van der Waals surface area contributed by atoms with E-state index in [4.69, 9.17) is 73.1 Å². The maximum atomic E-state index is 13.4. The second kappa shape index (κ2) is 44.9. The van der Waals surface area contributed by atoms with Crippen molar-refractivity contribution in [1.82, 2.24) is 59.4 Å². The molecule has 2 fully saturated rings. The number of benzene rings is 9. The quantitative estimate of drug-likeness (QED) is 0.0349. The van der Waals surface area contributed by atoms with Crippen LogP contribution in [-0.4, -0.2) is 235 Å². The third-order valence-corrected chi connectivity index (χ3v) is 28.5. The lowest BCUT2D eigenvalue weighted by molar-refractivity contribution is 0.0383. The van der Waals surface area contributed by atoms with Gasteiger partial charge in [0.2, 0.25) is 10.0 Å². The molecule has 722 valence electrons. The van der Waals surface area contributed by atoms with Crippen LogP contribution in [0.15, 0.2) is 208 Å². The summed E-state index contributed by atoms with van der Waals surface area (Å²) in [4.78, 5) is 112. The van der Waals surface area contributed by atoms with E-state index in [1.54, 1.807) is 120 Å². The summed E-state index contributed by atoms with van der Waals surface area (Å²) in [6.07, 6.45) is 0.446. The number of H-pyrrole nitrogens is 4. The lowest BCUT2D eigenvalue weighted by Crippen LogP contribution is -2.42. The van der Waals surface area contributed by atoms with Crippen LogP contribution in [0.4, 0.5) is 29.7 Å². The average molecular weight is 2080 g/mol. The fourth-order valence-corrected chi connectivity index (χ4v) is 21.1. The summed E-state index contributed by atoms with van der Waals surface area (Å²) in [6, 6.07) is 57.6. The predicted molar refractivity (Wildman–Crippen MR) is 536 cm³/mol. The number of hydrogen-bond acceptors (Lipinski definition) is 18. The molecule has 0 radical (unpaired) electrons. The Bertz CT molecular complexity index is 6710. The van der Waals surface area contributed by atoms with Gasteiger partial charge in [-0.05, 0) is 250 Å². The summed E-state index contributed by atoms with van der Waals surface area (Å²) >= 11 is 25.6. The third kappa shape index (κ3) is 22.5. The molecule has 9 aromatic carbocycles. The van der Waals surface area contributed by atoms with Crippen LogP contribution in [0.25, 0.3) is 43.6 Å². The highest BCUT2D eigenvalue weighted by Gasteiger charge is 2.42. The number of aliphatic hydroxyl groups is 1. The fraction of sp³-hybridized carbons (Fsp3) is 0.324. The van der Waals surface area contributed by atoms with Crippen molar-refractivity contribution >= 4 is 168 Å². The van der Waals surface area contributed by atoms with Gasteiger partial charge in [0.1, 0.15) is 29.9 Å². The number of sulfonamides is 1. The SMILES string of the molecule is CC(C)OC(=O)Nc1ccc(C2c3[nH]c4ccc(Cl)cc4c3CCN2C(=O)Oc2ccc(Cl)cc2)cc1.CCOC(=O)N1CCc2c([nH]c3ccc(Br)cc23)C1c1ccc(C(=O)NCCN2CCOCC2)cc1.CCOC(=O)N1CCc2c([nH]c3ccc(Br)cc23)C1c1ccc(C(=O)NCCO)cc1.CCOC(=O)N1CCc2c([nH]c3ccc(Cl)cc23)C1c1ccc(S(=O)(=O)N2CCOCC2)cc1. The number of amides is 7. The maximum Gasteiger partial charge on any atom is 0.416 e. The molecule has 7 amide bonds. The van der Waals surface area contributed by atoms with E-state index in [9.17, 15) is 42.0 Å². The Kier molecular flexibility index (Phi) is 32.2. The molecule has 138 heavy (non-hydrogen) atoms. The van der Waals surface area contributed by atoms with Crippen LogP contribution in [0.3, 0.4) is 0 Å². The normalized spacial score (nSPS) is 17.0. The van der Waals surface area contributed by atoms with Gasteiger partial charge in [-0.25, -0.2) is 32.4 Å². The van der Waals surface area contributed by atoms with E-state index in [1.165, 1.54) is 15.4 Å². The summed E-state index contributed by atoms with van der Waals surface area (Å²) in [5.74, 6) is 0.0603. The van der Waals surface area contributed by atoms with Crippen LogP contribution in [0.5, 0.6) is 5.75 Å². The van der Waals surface area contributed by atoms with Gasteiger partial charge in [0, 0.05) is 179 Å². The van der Waals surface area contributed by atoms with Crippen molar-refractivity contribution in [2.24, 2.45) is 0 Å². The van der Waals surface area contributed by atoms with Gasteiger partial charge in [0.05, 0.1) is 63.9 Å². The number of aliphatic hydroxyl groups excluding tert-OH is 1. The molecule has 30 nitrogen and oxygen atoms in total. The molecule has 0 aliphatic carbocycles. The highest BCUT2D eigenvalue weighted by molar-refractivity contribution is 9.10. The summed E-state index contributed by atoms with van der Waals surface area (Å²) < 4.78 is 67.1. The summed E-state index contributed by atoms with van der Waals surface area (Å²) in [5, 5.41) is 23.5. The molecule has 4 atom stereocenters. The van der Waals surface area contributed by atoms with Gasteiger partial charge in [0.25, 0.3) is 11.8 Å². The van der Waals surface area contributed by atoms with Crippen LogP contribution in [0.2, 0.25) is 15.1 Å². The van der Waals surface area contributed by atoms with Crippen molar-refractivity contribution in [3.8, 4) is 5.75 Å². The molecule has 0 bridgehead atoms. The molecule has 13 aromatic rings. The number of aromatic nitrogens is 4. The van der Waals surface area contributed by atoms with E-state index in [1.807, 2.05) is 116 Å². The number of morpholine rings is 2. The minimum absolute atomic E-state index is 0.100. The number of carbonyl (C=O) groups is 7. The van der Waals surface area contributed by atoms with Gasteiger partial charge >= 0.3 is 30.5 Å². The Hall–Kier alpha value is -12.0. The second-order valence-corrected chi connectivity index (χ2v) is 38.9. The van der Waals surface area contributed by atoms with E-state index in [0.717, 1.165) is 154 Å². The zero-order valence-corrected chi connectivity index (χ0v) is 82.8. The number of carbonyl (C=O) groups excluding carboxylic acids is 7. The predicted octanol–water partition coefficient (Wildman–Crippen LogP) is 19.4. The molecule has 10 heterocycles. The first-order valence-electron chi connectivity index (χ1n) is 45.9. The molecule has 4 aromatic heterocycles. The van der Waals surface area contributed by atoms with Crippen molar-refractivity contribution in [2.75, 3.05) is 130 Å². The molecule has 2 saturated heterocycles. The number of aromatic amines is 4. The summed E-state index contributed by atoms with van der Waals surface area (Å²) in [6.45, 7) is 18.1. The van der Waals surface area contributed by atoms with Crippen molar-refractivity contribution in [3.05, 3.63) is 297 Å². The van der Waals surface area contributed by atoms with Crippen molar-refractivity contribution in [1.29, 1.82) is 0 Å². The molecule has 0 saturated carbocycles. The zero-order chi connectivity index (χ0) is 97.0. The maximum absolute atomic E-state index is 13.4. The summed E-state index contributed by atoms with van der Waals surface area (Å²) in [7, 11) is -3.61. The number of nitrogens with one attached hydrogen (secondary N) is 7. The Balaban J connectivity index is 0.000000133. The van der Waals surface area contributed by atoms with Gasteiger partial charge in [-0.3, -0.25) is 39.4 Å². The number of anilines is 1. The Morgan fingerprint density at radius 3 is 1.19 bits per heavy atom. The molecule has 0 spiro atoms. The largest absolute Gasteiger partial charge is 0.450 e. The van der Waals surface area contributed by atoms with Crippen LogP contribution in [0.1, 0.15) is 147 Å². The molecule has 6 aliphatic heterocycles. The van der Waals surface area contributed by atoms with Crippen LogP contribution >= 0.6 is 66.7 Å². The first-order valence-corrected chi connectivity index (χ1v) is 50.1. The van der Waals surface area contributed by atoms with Crippen molar-refractivity contribution < 1.29 is 80.2 Å². The van der Waals surface area contributed by atoms with Crippen molar-refractivity contribution in [2.45, 2.75) is 95.5 Å². The first-order chi connectivity index (χ1) is 66.7. The van der Waals surface area contributed by atoms with E-state index in [2.05, 4.69) is 84.8 Å². The highest BCUT2D eigenvalue weighted by atomic mass is 79.9. The Labute approximate surface area is 829 Å². The topological polar surface area (TPSA) is 357 Å². The number of halogens is 5. The Morgan fingerprint density at radius 1 is 0.442 bits per heavy atom. The molecule has 36 heteroatoms. The number of hydrogen-bond donors (Lipinski definition) is 8. The van der Waals surface area contributed by atoms with Crippen LogP contribution in [0, 0.1) is 0 Å². The summed E-state index contributed by atoms with van der Waals surface area (Å²) in [5.41, 5.74) is 17.5. The zero-order valence-electron chi connectivity index (χ0n) is 76.6. The van der Waals surface area contributed by atoms with Gasteiger partial charge in [-0.1, -0.05) is 115 Å². The van der Waals surface area contributed by atoms with Crippen molar-refractivity contribution in [3.63, 3.8) is 0 Å². The minimum Gasteiger partial charge on any atom is -0.450 e. The highest BCUT2D eigenvalue weighted by Crippen LogP contribution is 2.46. The monoisotopic (exact) mass is 2080 g/mol. The third-order valence-electron chi connectivity index (χ3n) is 24.9. The van der Waals surface area contributed by atoms with Crippen LogP contribution < -0.4 is 20.7 Å². The first kappa shape index (κ1) is 99.0. The number of rotatable bonds is 19. The molecule has 8 N–H and O–H groups in total. The smallest absolute Gasteiger partial charge is 0.416 e. The standard InChI is InChI=1S/C28H25Cl2N3O4.C27H31BrN4O4.C24H26ClN3O5S.C23H24BrN3O4/c1-16(2)36-27(34)31-20-8-3-17(4-9-20)26-25-22(23-15-19(30)7-12-24(23)32-25)13-14-33(26)28(35)37-21-10-5-18(29)6-11-21;1-2-36-27(34)32-11-9-21-22-17-20(28)7-8-23(22)30-24(21)25(32)18-3-5-19(6-4-18)26(33)29-10-12-31-13-15-35-16-14-31;1-2-33-24(29)28-10-9-19-20-15-17(25)5-8-21(20)26-22(19)23(28)16-3-6-18(7-4-16)34(30,31)27-11-13-32-14-12-27;1-2-31-23(30)27-11-9-17-18-13-16(24)7-8-19(18)26-20(17)21(27)14-3-5-15(6-4-14)22(29)25-10-12-28/h3-12,15-16,26,32H,13-14H2,1-2H3,(H,31,34);3-8,17,25,30H,2,9-16H2,1H3,(H,29,33);3-8,15,23,26H,2,9-14H2,1H3;3-8,13,21,26,28H,2,9-12H2,1H3,(H,25,29). The molecule has 4 unspecified atom stereocenters. The van der Waals surface area contributed by atoms with Gasteiger partial charge in [0.15, 0.2) is 0 Å².